The van der Waals surface area contributed by atoms with E-state index in [1.807, 2.05) is 24.3 Å². The van der Waals surface area contributed by atoms with Gasteiger partial charge in [-0.3, -0.25) is 0 Å². The van der Waals surface area contributed by atoms with Gasteiger partial charge in [0.2, 0.25) is 0 Å². The van der Waals surface area contributed by atoms with Gasteiger partial charge in [-0.15, -0.1) is 0 Å². The molecule has 14 heavy (non-hydrogen) atoms. The molecule has 0 spiro atoms. The zero-order valence-corrected chi connectivity index (χ0v) is 7.30. The Morgan fingerprint density at radius 3 is 2.36 bits per heavy atom. The predicted molar refractivity (Wildman–Crippen MR) is 46.6 cm³/mol. The third kappa shape index (κ3) is 1.12. The third-order valence-corrected chi connectivity index (χ3v) is 2.11. The van der Waals surface area contributed by atoms with Gasteiger partial charge in [0.05, 0.1) is 5.57 Å². The lowest BCUT2D eigenvalue weighted by molar-refractivity contribution is -0.222. The molecule has 1 aromatic carbocycles. The molecule has 1 aromatic rings. The van der Waals surface area contributed by atoms with Gasteiger partial charge < -0.3 is 14.4 Å². The lowest BCUT2D eigenvalue weighted by atomic mass is 10.3. The molecule has 0 radical (unpaired) electrons. The van der Waals surface area contributed by atoms with Gasteiger partial charge in [0.25, 0.3) is 6.29 Å². The minimum Gasteiger partial charge on any atom is -0.447 e. The van der Waals surface area contributed by atoms with Gasteiger partial charge in [0.1, 0.15) is 12.9 Å². The maximum atomic E-state index is 5.54. The van der Waals surface area contributed by atoms with Gasteiger partial charge >= 0.3 is 0 Å². The van der Waals surface area contributed by atoms with Crippen molar-refractivity contribution in [2.75, 3.05) is 6.61 Å². The summed E-state index contributed by atoms with van der Waals surface area (Å²) < 4.78 is 11.1. The largest absolute Gasteiger partial charge is 0.447 e. The van der Waals surface area contributed by atoms with Crippen LogP contribution in [0.3, 0.4) is 0 Å². The minimum atomic E-state index is -0.408. The number of hydrogen-bond acceptors (Lipinski definition) is 4. The highest BCUT2D eigenvalue weighted by molar-refractivity contribution is 5.43. The highest BCUT2D eigenvalue weighted by atomic mass is 17.2. The first kappa shape index (κ1) is 7.70. The number of fused-ring (bicyclic) bond motifs is 1. The first-order chi connectivity index (χ1) is 6.93. The van der Waals surface area contributed by atoms with Crippen molar-refractivity contribution in [3.63, 3.8) is 0 Å². The molecular weight excluding hydrogens is 184 g/mol. The lowest BCUT2D eigenvalue weighted by Crippen LogP contribution is -2.21. The molecule has 0 unspecified atom stereocenters. The molecule has 0 aliphatic carbocycles. The van der Waals surface area contributed by atoms with E-state index < -0.39 is 6.29 Å². The van der Waals surface area contributed by atoms with Crippen molar-refractivity contribution in [3.05, 3.63) is 36.1 Å². The summed E-state index contributed by atoms with van der Waals surface area (Å²) in [5, 5.41) is 0. The van der Waals surface area contributed by atoms with Crippen molar-refractivity contribution < 1.29 is 19.2 Å². The van der Waals surface area contributed by atoms with Crippen LogP contribution in [0.4, 0.5) is 0 Å². The summed E-state index contributed by atoms with van der Waals surface area (Å²) in [7, 11) is 0. The highest BCUT2D eigenvalue weighted by Gasteiger charge is 2.29. The minimum absolute atomic E-state index is 0.388. The highest BCUT2D eigenvalue weighted by Crippen LogP contribution is 2.36. The van der Waals surface area contributed by atoms with Crippen LogP contribution in [-0.2, 0) is 9.78 Å². The van der Waals surface area contributed by atoms with Crippen LogP contribution in [0.5, 0.6) is 11.5 Å². The molecule has 0 fully saturated rings. The lowest BCUT2D eigenvalue weighted by Gasteiger charge is -2.07. The van der Waals surface area contributed by atoms with Gasteiger partial charge in [-0.1, -0.05) is 12.1 Å². The van der Waals surface area contributed by atoms with Gasteiger partial charge in [0, 0.05) is 0 Å². The zero-order valence-electron chi connectivity index (χ0n) is 7.30. The second-order valence-electron chi connectivity index (χ2n) is 3.07. The van der Waals surface area contributed by atoms with Crippen molar-refractivity contribution in [3.8, 4) is 11.5 Å². The first-order valence-electron chi connectivity index (χ1n) is 4.33. The van der Waals surface area contributed by atoms with Crippen LogP contribution in [-0.4, -0.2) is 12.9 Å². The number of para-hydroxylation sites is 2. The van der Waals surface area contributed by atoms with Crippen LogP contribution in [0.2, 0.25) is 0 Å². The van der Waals surface area contributed by atoms with Crippen molar-refractivity contribution in [2.45, 2.75) is 6.29 Å². The van der Waals surface area contributed by atoms with Crippen LogP contribution in [0.25, 0.3) is 0 Å². The summed E-state index contributed by atoms with van der Waals surface area (Å²) in [4.78, 5) is 9.36. The summed E-state index contributed by atoms with van der Waals surface area (Å²) in [6.45, 7) is 0.388. The summed E-state index contributed by atoms with van der Waals surface area (Å²) in [5.41, 5.74) is 0.848. The molecule has 4 heteroatoms. The quantitative estimate of drug-likeness (QED) is 0.634. The number of hydrogen-bond donors (Lipinski definition) is 0. The van der Waals surface area contributed by atoms with Gasteiger partial charge in [0.15, 0.2) is 11.5 Å². The topological polar surface area (TPSA) is 36.9 Å². The molecular formula is C10H8O4. The molecule has 3 rings (SSSR count). The first-order valence-corrected chi connectivity index (χ1v) is 4.33. The van der Waals surface area contributed by atoms with E-state index in [0.717, 1.165) is 17.1 Å². The molecule has 0 amide bonds. The average Bonchev–Trinajstić information content (AvgIpc) is 2.86. The Morgan fingerprint density at radius 2 is 1.79 bits per heavy atom. The molecule has 0 atom stereocenters. The van der Waals surface area contributed by atoms with E-state index in [1.54, 1.807) is 0 Å². The van der Waals surface area contributed by atoms with Crippen LogP contribution in [0, 0.1) is 0 Å². The fourth-order valence-electron chi connectivity index (χ4n) is 1.41. The Balaban J connectivity index is 1.84. The standard InChI is InChI=1S/C10H8O4/c1-2-4-9-8(3-1)13-10(14-9)7-5-11-12-6-7/h1-5,10H,6H2. The Kier molecular flexibility index (Phi) is 1.61. The van der Waals surface area contributed by atoms with Crippen molar-refractivity contribution >= 4 is 0 Å². The van der Waals surface area contributed by atoms with Gasteiger partial charge in [-0.2, -0.15) is 4.89 Å². The zero-order chi connectivity index (χ0) is 9.38. The van der Waals surface area contributed by atoms with Crippen LogP contribution < -0.4 is 9.47 Å². The van der Waals surface area contributed by atoms with E-state index in [1.165, 1.54) is 6.26 Å². The monoisotopic (exact) mass is 192 g/mol. The molecule has 72 valence electrons. The fourth-order valence-corrected chi connectivity index (χ4v) is 1.41. The molecule has 2 aliphatic rings. The molecule has 2 aliphatic heterocycles. The predicted octanol–water partition coefficient (Wildman–Crippen LogP) is 1.63. The van der Waals surface area contributed by atoms with Crippen LogP contribution in [0.1, 0.15) is 0 Å². The van der Waals surface area contributed by atoms with E-state index >= 15 is 0 Å². The average molecular weight is 192 g/mol. The Morgan fingerprint density at radius 1 is 1.07 bits per heavy atom. The SMILES string of the molecule is C1=C(C2Oc3ccccc3O2)COO1. The van der Waals surface area contributed by atoms with E-state index in [9.17, 15) is 0 Å². The van der Waals surface area contributed by atoms with E-state index in [4.69, 9.17) is 14.4 Å². The second-order valence-corrected chi connectivity index (χ2v) is 3.07. The number of ether oxygens (including phenoxy) is 2. The van der Waals surface area contributed by atoms with Crippen molar-refractivity contribution in [2.24, 2.45) is 0 Å². The van der Waals surface area contributed by atoms with E-state index in [-0.39, 0.29) is 0 Å². The molecule has 0 saturated carbocycles. The number of rotatable bonds is 1. The molecule has 0 saturated heterocycles. The molecule has 4 nitrogen and oxygen atoms in total. The normalized spacial score (nSPS) is 19.3. The second kappa shape index (κ2) is 2.92. The smallest absolute Gasteiger partial charge is 0.269 e. The number of benzene rings is 1. The maximum absolute atomic E-state index is 5.54. The van der Waals surface area contributed by atoms with Gasteiger partial charge in [-0.05, 0) is 12.1 Å². The Hall–Kier alpha value is -1.68. The summed E-state index contributed by atoms with van der Waals surface area (Å²) in [6, 6.07) is 7.54. The van der Waals surface area contributed by atoms with Crippen LogP contribution >= 0.6 is 0 Å². The van der Waals surface area contributed by atoms with E-state index in [2.05, 4.69) is 4.89 Å². The molecule has 2 heterocycles. The molecule has 0 bridgehead atoms. The third-order valence-electron chi connectivity index (χ3n) is 2.11. The molecule has 0 aromatic heterocycles. The van der Waals surface area contributed by atoms with Crippen LogP contribution in [0.15, 0.2) is 36.1 Å². The van der Waals surface area contributed by atoms with Crippen molar-refractivity contribution in [1.82, 2.24) is 0 Å². The van der Waals surface area contributed by atoms with Gasteiger partial charge in [-0.25, -0.2) is 0 Å². The fraction of sp³-hybridized carbons (Fsp3) is 0.200. The summed E-state index contributed by atoms with van der Waals surface area (Å²) >= 11 is 0. The molecule has 0 N–H and O–H groups in total. The summed E-state index contributed by atoms with van der Waals surface area (Å²) in [6.07, 6.45) is 1.10. The Bertz CT molecular complexity index is 360. The Labute approximate surface area is 80.6 Å². The summed E-state index contributed by atoms with van der Waals surface area (Å²) in [5.74, 6) is 1.51. The van der Waals surface area contributed by atoms with Crippen molar-refractivity contribution in [1.29, 1.82) is 0 Å². The maximum Gasteiger partial charge on any atom is 0.269 e. The van der Waals surface area contributed by atoms with E-state index in [0.29, 0.717) is 6.61 Å².